The Bertz CT molecular complexity index is 1240. The van der Waals surface area contributed by atoms with Crippen LogP contribution < -0.4 is 5.32 Å². The minimum atomic E-state index is -4.43. The number of piperidine rings is 2. The second kappa shape index (κ2) is 8.94. The number of anilines is 1. The van der Waals surface area contributed by atoms with Gasteiger partial charge in [-0.1, -0.05) is 6.07 Å². The highest BCUT2D eigenvalue weighted by atomic mass is 19.4. The summed E-state index contributed by atoms with van der Waals surface area (Å²) in [5.41, 5.74) is 2.72. The zero-order chi connectivity index (χ0) is 24.7. The van der Waals surface area contributed by atoms with E-state index in [1.165, 1.54) is 6.07 Å². The van der Waals surface area contributed by atoms with Gasteiger partial charge in [-0.05, 0) is 74.9 Å². The molecule has 3 fully saturated rings. The third-order valence-corrected chi connectivity index (χ3v) is 6.96. The summed E-state index contributed by atoms with van der Waals surface area (Å²) in [5.74, 6) is 0.596. The van der Waals surface area contributed by atoms with Crippen molar-refractivity contribution in [3.8, 4) is 11.4 Å². The van der Waals surface area contributed by atoms with E-state index in [1.807, 2.05) is 43.0 Å². The molecule has 1 saturated carbocycles. The van der Waals surface area contributed by atoms with Crippen molar-refractivity contribution < 1.29 is 18.0 Å². The van der Waals surface area contributed by atoms with E-state index in [9.17, 15) is 18.0 Å². The van der Waals surface area contributed by atoms with Gasteiger partial charge in [0.05, 0.1) is 22.9 Å². The number of pyridine rings is 3. The van der Waals surface area contributed by atoms with Gasteiger partial charge in [0.2, 0.25) is 0 Å². The highest BCUT2D eigenvalue weighted by Crippen LogP contribution is 2.38. The van der Waals surface area contributed by atoms with Crippen LogP contribution >= 0.6 is 0 Å². The average molecular weight is 482 g/mol. The Morgan fingerprint density at radius 2 is 1.89 bits per heavy atom. The average Bonchev–Trinajstić information content (AvgIpc) is 2.84. The van der Waals surface area contributed by atoms with Gasteiger partial charge in [-0.15, -0.1) is 0 Å². The van der Waals surface area contributed by atoms with Gasteiger partial charge >= 0.3 is 6.18 Å². The first-order chi connectivity index (χ1) is 16.7. The molecule has 3 aliphatic rings. The molecule has 1 N–H and O–H groups in total. The van der Waals surface area contributed by atoms with Crippen LogP contribution in [0, 0.1) is 19.8 Å². The number of hydrogen-bond donors (Lipinski definition) is 1. The largest absolute Gasteiger partial charge is 0.417 e. The molecule has 0 unspecified atom stereocenters. The zero-order valence-electron chi connectivity index (χ0n) is 19.5. The van der Waals surface area contributed by atoms with E-state index in [4.69, 9.17) is 0 Å². The lowest BCUT2D eigenvalue weighted by atomic mass is 9.76. The third-order valence-electron chi connectivity index (χ3n) is 6.96. The molecule has 3 atom stereocenters. The number of amides is 1. The number of nitrogens with zero attached hydrogens (tertiary/aromatic N) is 4. The van der Waals surface area contributed by atoms with E-state index in [0.717, 1.165) is 42.8 Å². The maximum atomic E-state index is 13.8. The third kappa shape index (κ3) is 4.59. The van der Waals surface area contributed by atoms with Gasteiger partial charge in [0.25, 0.3) is 5.91 Å². The summed E-state index contributed by atoms with van der Waals surface area (Å²) in [7, 11) is 0. The summed E-state index contributed by atoms with van der Waals surface area (Å²) in [5, 5.41) is 3.29. The van der Waals surface area contributed by atoms with E-state index < -0.39 is 11.7 Å². The lowest BCUT2D eigenvalue weighted by Gasteiger charge is -2.50. The molecule has 0 radical (unpaired) electrons. The second-order valence-corrected chi connectivity index (χ2v) is 9.40. The SMILES string of the molecule is Cc1ccc(C(=O)N2C[C@H]3CC[C@H]2[C@H](Nc2ccc(C(F)(F)F)cn2)C3)c(-c2ncccc2C)n1. The first kappa shape index (κ1) is 23.3. The van der Waals surface area contributed by atoms with Crippen LogP contribution in [0.2, 0.25) is 0 Å². The Kier molecular flexibility index (Phi) is 5.94. The van der Waals surface area contributed by atoms with E-state index in [2.05, 4.69) is 20.3 Å². The number of aromatic nitrogens is 3. The number of halogens is 3. The molecule has 6 nitrogen and oxygen atoms in total. The van der Waals surface area contributed by atoms with E-state index in [1.54, 1.807) is 6.20 Å². The number of aryl methyl sites for hydroxylation is 2. The van der Waals surface area contributed by atoms with Crippen LogP contribution in [0.3, 0.4) is 0 Å². The number of nitrogens with one attached hydrogen (secondary N) is 1. The van der Waals surface area contributed by atoms with Gasteiger partial charge in [0, 0.05) is 30.7 Å². The lowest BCUT2D eigenvalue weighted by molar-refractivity contribution is -0.137. The summed E-state index contributed by atoms with van der Waals surface area (Å²) >= 11 is 0. The van der Waals surface area contributed by atoms with E-state index in [-0.39, 0.29) is 18.0 Å². The standard InChI is InChI=1S/C26H26F3N5O/c1-15-4-3-11-30-23(15)24-19(8-5-16(2)32-24)25(35)34-14-17-6-9-21(34)20(12-17)33-22-10-7-18(13-31-22)26(27,28)29/h3-5,7-8,10-11,13,17,20-21H,6,9,12,14H2,1-2H3,(H,31,33)/t17-,20+,21-/m0/s1. The Labute approximate surface area is 201 Å². The fourth-order valence-electron chi connectivity index (χ4n) is 5.22. The van der Waals surface area contributed by atoms with Crippen molar-refractivity contribution in [3.63, 3.8) is 0 Å². The molecule has 0 aromatic carbocycles. The molecule has 9 heteroatoms. The highest BCUT2D eigenvalue weighted by molar-refractivity contribution is 6.00. The van der Waals surface area contributed by atoms with Crippen molar-refractivity contribution in [3.05, 3.63) is 71.2 Å². The molecule has 5 heterocycles. The van der Waals surface area contributed by atoms with E-state index >= 15 is 0 Å². The second-order valence-electron chi connectivity index (χ2n) is 9.40. The van der Waals surface area contributed by atoms with Gasteiger partial charge in [-0.3, -0.25) is 14.8 Å². The first-order valence-electron chi connectivity index (χ1n) is 11.7. The molecule has 2 saturated heterocycles. The fraction of sp³-hybridized carbons (Fsp3) is 0.385. The Morgan fingerprint density at radius 3 is 2.57 bits per heavy atom. The molecule has 35 heavy (non-hydrogen) atoms. The summed E-state index contributed by atoms with van der Waals surface area (Å²) < 4.78 is 38.7. The van der Waals surface area contributed by atoms with Crippen LogP contribution in [0.15, 0.2) is 48.8 Å². The van der Waals surface area contributed by atoms with Crippen LogP contribution in [0.5, 0.6) is 0 Å². The number of hydrogen-bond acceptors (Lipinski definition) is 5. The molecule has 1 amide bonds. The lowest BCUT2D eigenvalue weighted by Crippen LogP contribution is -2.59. The summed E-state index contributed by atoms with van der Waals surface area (Å²) in [6.45, 7) is 4.48. The first-order valence-corrected chi connectivity index (χ1v) is 11.7. The molecule has 2 bridgehead atoms. The van der Waals surface area contributed by atoms with Crippen molar-refractivity contribution in [2.45, 2.75) is 51.4 Å². The number of carbonyl (C=O) groups excluding carboxylic acids is 1. The summed E-state index contributed by atoms with van der Waals surface area (Å²) in [6, 6.07) is 9.65. The quantitative estimate of drug-likeness (QED) is 0.549. The molecule has 3 aromatic heterocycles. The maximum Gasteiger partial charge on any atom is 0.417 e. The molecule has 6 rings (SSSR count). The van der Waals surface area contributed by atoms with Gasteiger partial charge in [0.1, 0.15) is 11.5 Å². The molecule has 3 aromatic rings. The number of carbonyl (C=O) groups is 1. The molecule has 1 aliphatic carbocycles. The minimum absolute atomic E-state index is 0.0874. The highest BCUT2D eigenvalue weighted by Gasteiger charge is 2.44. The molecule has 182 valence electrons. The maximum absolute atomic E-state index is 13.8. The summed E-state index contributed by atoms with van der Waals surface area (Å²) in [4.78, 5) is 28.9. The Morgan fingerprint density at radius 1 is 1.06 bits per heavy atom. The Balaban J connectivity index is 1.41. The number of rotatable bonds is 4. The van der Waals surface area contributed by atoms with Crippen molar-refractivity contribution in [2.75, 3.05) is 11.9 Å². The van der Waals surface area contributed by atoms with Crippen molar-refractivity contribution in [1.29, 1.82) is 0 Å². The molecule has 2 aliphatic heterocycles. The number of alkyl halides is 3. The zero-order valence-corrected chi connectivity index (χ0v) is 19.5. The topological polar surface area (TPSA) is 71.0 Å². The van der Waals surface area contributed by atoms with Gasteiger partial charge in [-0.25, -0.2) is 4.98 Å². The number of fused-ring (bicyclic) bond motifs is 3. The monoisotopic (exact) mass is 481 g/mol. The summed E-state index contributed by atoms with van der Waals surface area (Å²) in [6.07, 6.45) is 0.795. The Hall–Kier alpha value is -3.49. The van der Waals surface area contributed by atoms with Crippen LogP contribution in [0.4, 0.5) is 19.0 Å². The predicted molar refractivity (Wildman–Crippen MR) is 126 cm³/mol. The molecular formula is C26H26F3N5O. The van der Waals surface area contributed by atoms with Crippen LogP contribution in [0.1, 0.15) is 46.4 Å². The smallest absolute Gasteiger partial charge is 0.365 e. The van der Waals surface area contributed by atoms with Gasteiger partial charge < -0.3 is 10.2 Å². The molecule has 0 spiro atoms. The van der Waals surface area contributed by atoms with Crippen LogP contribution in [-0.4, -0.2) is 44.4 Å². The normalized spacial score (nSPS) is 21.7. The van der Waals surface area contributed by atoms with Crippen molar-refractivity contribution >= 4 is 11.7 Å². The van der Waals surface area contributed by atoms with Crippen molar-refractivity contribution in [2.24, 2.45) is 5.92 Å². The fourth-order valence-corrected chi connectivity index (χ4v) is 5.22. The van der Waals surface area contributed by atoms with Crippen LogP contribution in [0.25, 0.3) is 11.4 Å². The minimum Gasteiger partial charge on any atom is -0.365 e. The molecular weight excluding hydrogens is 455 g/mol. The van der Waals surface area contributed by atoms with Gasteiger partial charge in [0.15, 0.2) is 0 Å². The van der Waals surface area contributed by atoms with Gasteiger partial charge in [-0.2, -0.15) is 13.2 Å². The van der Waals surface area contributed by atoms with Crippen LogP contribution in [-0.2, 0) is 6.18 Å². The van der Waals surface area contributed by atoms with E-state index in [0.29, 0.717) is 35.2 Å². The van der Waals surface area contributed by atoms with Crippen molar-refractivity contribution in [1.82, 2.24) is 19.9 Å². The predicted octanol–water partition coefficient (Wildman–Crippen LogP) is 5.28.